The van der Waals surface area contributed by atoms with Gasteiger partial charge in [0.05, 0.1) is 0 Å². The summed E-state index contributed by atoms with van der Waals surface area (Å²) in [6.45, 7) is 10.4. The van der Waals surface area contributed by atoms with Gasteiger partial charge in [-0.15, -0.1) is 11.8 Å². The van der Waals surface area contributed by atoms with E-state index < -0.39 is 16.8 Å². The second-order valence-corrected chi connectivity index (χ2v) is 11.6. The molecule has 4 atom stereocenters. The number of nitrogens with one attached hydrogen (secondary N) is 2. The molecule has 0 aliphatic carbocycles. The van der Waals surface area contributed by atoms with Crippen LogP contribution >= 0.6 is 11.8 Å². The number of carbonyl (C=O) groups is 3. The van der Waals surface area contributed by atoms with Crippen LogP contribution in [-0.2, 0) is 16.1 Å². The van der Waals surface area contributed by atoms with Crippen LogP contribution in [0.15, 0.2) is 48.5 Å². The normalized spacial score (nSPS) is 22.0. The summed E-state index contributed by atoms with van der Waals surface area (Å²) in [6.07, 6.45) is 0.739. The molecule has 34 heavy (non-hydrogen) atoms. The van der Waals surface area contributed by atoms with Gasteiger partial charge in [-0.25, -0.2) is 0 Å². The zero-order valence-electron chi connectivity index (χ0n) is 20.4. The van der Waals surface area contributed by atoms with Gasteiger partial charge in [-0.3, -0.25) is 14.4 Å². The van der Waals surface area contributed by atoms with Gasteiger partial charge in [0, 0.05) is 16.9 Å². The second-order valence-electron chi connectivity index (χ2n) is 9.85. The molecule has 4 rings (SSSR count). The van der Waals surface area contributed by atoms with Crippen LogP contribution in [-0.4, -0.2) is 39.5 Å². The van der Waals surface area contributed by atoms with E-state index in [4.69, 9.17) is 0 Å². The summed E-state index contributed by atoms with van der Waals surface area (Å²) < 4.78 is -0.490. The zero-order chi connectivity index (χ0) is 24.6. The van der Waals surface area contributed by atoms with E-state index in [1.807, 2.05) is 83.1 Å². The van der Waals surface area contributed by atoms with Crippen molar-refractivity contribution in [2.75, 3.05) is 0 Å². The van der Waals surface area contributed by atoms with Crippen molar-refractivity contribution < 1.29 is 14.4 Å². The smallest absolute Gasteiger partial charge is 0.256 e. The fourth-order valence-electron chi connectivity index (χ4n) is 4.74. The lowest BCUT2D eigenvalue weighted by Gasteiger charge is -2.32. The highest BCUT2D eigenvalue weighted by Gasteiger charge is 2.57. The lowest BCUT2D eigenvalue weighted by Crippen LogP contribution is -2.58. The molecule has 7 heteroatoms. The van der Waals surface area contributed by atoms with Crippen LogP contribution in [0.5, 0.6) is 0 Å². The molecule has 0 bridgehead atoms. The van der Waals surface area contributed by atoms with E-state index in [1.54, 1.807) is 16.7 Å². The molecule has 180 valence electrons. The Morgan fingerprint density at radius 2 is 1.79 bits per heavy atom. The number of carbonyl (C=O) groups excluding carboxylic acids is 3. The molecule has 0 spiro atoms. The Labute approximate surface area is 205 Å². The predicted octanol–water partition coefficient (Wildman–Crippen LogP) is 4.19. The average molecular weight is 480 g/mol. The van der Waals surface area contributed by atoms with E-state index in [1.165, 1.54) is 0 Å². The van der Waals surface area contributed by atoms with Gasteiger partial charge in [0.1, 0.15) is 17.5 Å². The third-order valence-electron chi connectivity index (χ3n) is 6.93. The summed E-state index contributed by atoms with van der Waals surface area (Å²) in [4.78, 5) is 41.7. The van der Waals surface area contributed by atoms with E-state index in [0.717, 1.165) is 23.1 Å². The molecule has 0 radical (unpaired) electrons. The van der Waals surface area contributed by atoms with Gasteiger partial charge in [0.2, 0.25) is 11.8 Å². The highest BCUT2D eigenvalue weighted by Crippen LogP contribution is 2.56. The van der Waals surface area contributed by atoms with Crippen LogP contribution < -0.4 is 10.6 Å². The Morgan fingerprint density at radius 1 is 1.12 bits per heavy atom. The molecule has 2 heterocycles. The van der Waals surface area contributed by atoms with Crippen molar-refractivity contribution in [2.24, 2.45) is 5.92 Å². The molecule has 6 nitrogen and oxygen atoms in total. The molecule has 2 N–H and O–H groups in total. The molecule has 2 aromatic carbocycles. The van der Waals surface area contributed by atoms with Crippen LogP contribution in [0.4, 0.5) is 0 Å². The number of thioether (sulfide) groups is 1. The summed E-state index contributed by atoms with van der Waals surface area (Å²) in [5.41, 5.74) is 3.77. The Morgan fingerprint density at radius 3 is 2.47 bits per heavy atom. The first-order valence-corrected chi connectivity index (χ1v) is 12.7. The van der Waals surface area contributed by atoms with Crippen LogP contribution in [0.2, 0.25) is 0 Å². The lowest BCUT2D eigenvalue weighted by atomic mass is 9.95. The van der Waals surface area contributed by atoms with Crippen molar-refractivity contribution >= 4 is 29.5 Å². The number of hydrogen-bond acceptors (Lipinski definition) is 4. The summed E-state index contributed by atoms with van der Waals surface area (Å²) in [5, 5.41) is 5.80. The molecular formula is C27H33N3O3S. The minimum absolute atomic E-state index is 0.0543. The maximum atomic E-state index is 13.6. The predicted molar refractivity (Wildman–Crippen MR) is 135 cm³/mol. The van der Waals surface area contributed by atoms with Gasteiger partial charge in [-0.2, -0.15) is 0 Å². The van der Waals surface area contributed by atoms with Crippen molar-refractivity contribution in [1.82, 2.24) is 15.5 Å². The molecule has 2 aliphatic rings. The Kier molecular flexibility index (Phi) is 6.76. The summed E-state index contributed by atoms with van der Waals surface area (Å²) >= 11 is 1.62. The molecule has 3 amide bonds. The Hall–Kier alpha value is -2.80. The first kappa shape index (κ1) is 24.3. The fraction of sp³-hybridized carbons (Fsp3) is 0.444. The van der Waals surface area contributed by atoms with Gasteiger partial charge < -0.3 is 15.5 Å². The molecule has 0 aromatic heterocycles. The van der Waals surface area contributed by atoms with E-state index in [-0.39, 0.29) is 29.0 Å². The van der Waals surface area contributed by atoms with Crippen molar-refractivity contribution in [3.8, 4) is 0 Å². The first-order valence-electron chi connectivity index (χ1n) is 11.9. The Balaban J connectivity index is 1.51. The molecule has 2 unspecified atom stereocenters. The summed E-state index contributed by atoms with van der Waals surface area (Å²) in [6, 6.07) is 14.2. The van der Waals surface area contributed by atoms with Gasteiger partial charge >= 0.3 is 0 Å². The molecule has 2 aromatic rings. The standard InChI is InChI=1S/C27H33N3O3S/c1-6-17(3)21(23(31)28-15-18-13-11-16(2)12-14-18)29-24(32)22-27(4,5)34-26-20-10-8-7-9-19(20)25(33)30(22)26/h7-14,17,21-22,26H,6,15H2,1-5H3,(H,28,31)(H,29,32)/t17?,21-,22+,26?/m0/s1. The first-order chi connectivity index (χ1) is 16.1. The highest BCUT2D eigenvalue weighted by molar-refractivity contribution is 8.01. The maximum Gasteiger partial charge on any atom is 0.256 e. The molecule has 1 fully saturated rings. The minimum Gasteiger partial charge on any atom is -0.350 e. The molecule has 2 aliphatic heterocycles. The van der Waals surface area contributed by atoms with E-state index in [2.05, 4.69) is 10.6 Å². The van der Waals surface area contributed by atoms with E-state index in [0.29, 0.717) is 12.1 Å². The van der Waals surface area contributed by atoms with E-state index >= 15 is 0 Å². The number of rotatable bonds is 7. The van der Waals surface area contributed by atoms with Gasteiger partial charge in [-0.05, 0) is 43.9 Å². The number of fused-ring (bicyclic) bond motifs is 3. The number of benzene rings is 2. The zero-order valence-corrected chi connectivity index (χ0v) is 21.2. The van der Waals surface area contributed by atoms with Gasteiger partial charge in [0.25, 0.3) is 5.91 Å². The van der Waals surface area contributed by atoms with Gasteiger partial charge in [0.15, 0.2) is 0 Å². The van der Waals surface area contributed by atoms with Crippen LogP contribution in [0, 0.1) is 12.8 Å². The average Bonchev–Trinajstić information content (AvgIpc) is 3.25. The topological polar surface area (TPSA) is 78.5 Å². The van der Waals surface area contributed by atoms with Crippen molar-refractivity contribution in [1.29, 1.82) is 0 Å². The Bertz CT molecular complexity index is 1100. The van der Waals surface area contributed by atoms with Gasteiger partial charge in [-0.1, -0.05) is 68.3 Å². The molecule has 1 saturated heterocycles. The van der Waals surface area contributed by atoms with E-state index in [9.17, 15) is 14.4 Å². The second kappa shape index (κ2) is 9.45. The van der Waals surface area contributed by atoms with Crippen LogP contribution in [0.25, 0.3) is 0 Å². The third kappa shape index (κ3) is 4.45. The minimum atomic E-state index is -0.678. The number of nitrogens with zero attached hydrogens (tertiary/aromatic N) is 1. The number of aryl methyl sites for hydroxylation is 1. The number of hydrogen-bond donors (Lipinski definition) is 2. The quantitative estimate of drug-likeness (QED) is 0.624. The van der Waals surface area contributed by atoms with Crippen molar-refractivity contribution in [3.05, 3.63) is 70.8 Å². The van der Waals surface area contributed by atoms with Crippen molar-refractivity contribution in [3.63, 3.8) is 0 Å². The third-order valence-corrected chi connectivity index (χ3v) is 8.46. The maximum absolute atomic E-state index is 13.6. The summed E-state index contributed by atoms with van der Waals surface area (Å²) in [7, 11) is 0. The van der Waals surface area contributed by atoms with Crippen LogP contribution in [0.1, 0.15) is 66.5 Å². The lowest BCUT2D eigenvalue weighted by molar-refractivity contribution is -0.133. The SMILES string of the molecule is CCC(C)[C@H](NC(=O)[C@H]1N2C(=O)c3ccccc3C2SC1(C)C)C(=O)NCc1ccc(C)cc1. The largest absolute Gasteiger partial charge is 0.350 e. The number of amides is 3. The monoisotopic (exact) mass is 479 g/mol. The van der Waals surface area contributed by atoms with Crippen LogP contribution in [0.3, 0.4) is 0 Å². The molecule has 0 saturated carbocycles. The molecular weight excluding hydrogens is 446 g/mol. The fourth-order valence-corrected chi connectivity index (χ4v) is 6.33. The van der Waals surface area contributed by atoms with Crippen molar-refractivity contribution in [2.45, 2.75) is 69.8 Å². The summed E-state index contributed by atoms with van der Waals surface area (Å²) in [5.74, 6) is -0.666. The highest BCUT2D eigenvalue weighted by atomic mass is 32.2.